The molecule has 26 heavy (non-hydrogen) atoms. The number of aromatic nitrogens is 1. The van der Waals surface area contributed by atoms with E-state index in [2.05, 4.69) is 17.1 Å². The summed E-state index contributed by atoms with van der Waals surface area (Å²) in [5, 5.41) is 1.01. The van der Waals surface area contributed by atoms with Crippen molar-refractivity contribution in [3.05, 3.63) is 94.9 Å². The van der Waals surface area contributed by atoms with Gasteiger partial charge in [0.25, 0.3) is 5.56 Å². The summed E-state index contributed by atoms with van der Waals surface area (Å²) in [6, 6.07) is 23.5. The fraction of sp³-hybridized carbons (Fsp3) is 0. The third-order valence-electron chi connectivity index (χ3n) is 4.46. The predicted molar refractivity (Wildman–Crippen MR) is 104 cm³/mol. The Labute approximate surface area is 149 Å². The van der Waals surface area contributed by atoms with E-state index in [1.807, 2.05) is 48.5 Å². The number of hydrogen-bond donors (Lipinski definition) is 2. The van der Waals surface area contributed by atoms with Crippen LogP contribution in [0, 0.1) is 0 Å². The van der Waals surface area contributed by atoms with Gasteiger partial charge in [-0.25, -0.2) is 0 Å². The number of aromatic amines is 1. The second kappa shape index (κ2) is 6.33. The highest BCUT2D eigenvalue weighted by Gasteiger charge is 2.13. The summed E-state index contributed by atoms with van der Waals surface area (Å²) in [6.45, 7) is 0. The fourth-order valence-electron chi connectivity index (χ4n) is 3.18. The molecule has 3 N–H and O–H groups in total. The van der Waals surface area contributed by atoms with Gasteiger partial charge in [0.2, 0.25) is 5.91 Å². The molecule has 0 radical (unpaired) electrons. The van der Waals surface area contributed by atoms with Crippen LogP contribution in [0.2, 0.25) is 0 Å². The van der Waals surface area contributed by atoms with Gasteiger partial charge in [-0.2, -0.15) is 0 Å². The quantitative estimate of drug-likeness (QED) is 0.592. The van der Waals surface area contributed by atoms with Crippen molar-refractivity contribution in [2.45, 2.75) is 0 Å². The van der Waals surface area contributed by atoms with Gasteiger partial charge in [-0.05, 0) is 45.8 Å². The van der Waals surface area contributed by atoms with Crippen LogP contribution in [0.3, 0.4) is 0 Å². The van der Waals surface area contributed by atoms with E-state index in [0.717, 1.165) is 22.3 Å². The monoisotopic (exact) mass is 340 g/mol. The Morgan fingerprint density at radius 1 is 0.769 bits per heavy atom. The Morgan fingerprint density at radius 3 is 2.04 bits per heavy atom. The molecule has 1 heterocycles. The Balaban J connectivity index is 1.84. The maximum atomic E-state index is 12.1. The van der Waals surface area contributed by atoms with E-state index >= 15 is 0 Å². The molecule has 0 bridgehead atoms. The molecule has 0 atom stereocenters. The number of nitrogens with one attached hydrogen (secondary N) is 1. The van der Waals surface area contributed by atoms with Crippen molar-refractivity contribution >= 4 is 16.7 Å². The average molecular weight is 340 g/mol. The number of benzene rings is 3. The molecular weight excluding hydrogens is 324 g/mol. The van der Waals surface area contributed by atoms with E-state index in [1.165, 1.54) is 0 Å². The fourth-order valence-corrected chi connectivity index (χ4v) is 3.18. The van der Waals surface area contributed by atoms with Crippen LogP contribution in [0.4, 0.5) is 0 Å². The standard InChI is InChI=1S/C22H16N2O2/c23-21(25)19-13-18(12-17-10-11-24-22(26)20(17)19)16-8-6-15(7-9-16)14-4-2-1-3-5-14/h1-13H,(H2,23,25)(H,24,26). The molecule has 0 aliphatic heterocycles. The van der Waals surface area contributed by atoms with Gasteiger partial charge in [0.05, 0.1) is 10.9 Å². The summed E-state index contributed by atoms with van der Waals surface area (Å²) in [4.78, 5) is 26.5. The number of fused-ring (bicyclic) bond motifs is 1. The topological polar surface area (TPSA) is 76.0 Å². The second-order valence-electron chi connectivity index (χ2n) is 6.10. The van der Waals surface area contributed by atoms with Crippen molar-refractivity contribution in [3.8, 4) is 22.3 Å². The molecule has 4 heteroatoms. The number of primary amides is 1. The minimum atomic E-state index is -0.616. The minimum absolute atomic E-state index is 0.228. The normalized spacial score (nSPS) is 10.8. The lowest BCUT2D eigenvalue weighted by molar-refractivity contribution is 0.100. The summed E-state index contributed by atoms with van der Waals surface area (Å²) < 4.78 is 0. The summed E-state index contributed by atoms with van der Waals surface area (Å²) in [6.07, 6.45) is 1.57. The molecule has 1 aromatic heterocycles. The molecule has 0 aliphatic carbocycles. The van der Waals surface area contributed by atoms with Crippen LogP contribution >= 0.6 is 0 Å². The lowest BCUT2D eigenvalue weighted by atomic mass is 9.96. The number of rotatable bonds is 3. The lowest BCUT2D eigenvalue weighted by Crippen LogP contribution is -2.16. The van der Waals surface area contributed by atoms with Gasteiger partial charge in [0.15, 0.2) is 0 Å². The highest BCUT2D eigenvalue weighted by molar-refractivity contribution is 6.07. The van der Waals surface area contributed by atoms with E-state index in [4.69, 9.17) is 5.73 Å². The number of hydrogen-bond acceptors (Lipinski definition) is 2. The van der Waals surface area contributed by atoms with Gasteiger partial charge in [0.1, 0.15) is 0 Å². The van der Waals surface area contributed by atoms with E-state index < -0.39 is 5.91 Å². The summed E-state index contributed by atoms with van der Waals surface area (Å²) in [5.41, 5.74) is 9.47. The molecule has 4 nitrogen and oxygen atoms in total. The third kappa shape index (κ3) is 2.78. The number of nitrogens with two attached hydrogens (primary N) is 1. The van der Waals surface area contributed by atoms with Crippen LogP contribution < -0.4 is 11.3 Å². The molecule has 1 amide bonds. The Bertz CT molecular complexity index is 1160. The van der Waals surface area contributed by atoms with Gasteiger partial charge in [-0.3, -0.25) is 9.59 Å². The molecule has 0 saturated carbocycles. The summed E-state index contributed by atoms with van der Waals surface area (Å²) >= 11 is 0. The molecule has 0 spiro atoms. The van der Waals surface area contributed by atoms with Gasteiger partial charge in [0, 0.05) is 6.20 Å². The van der Waals surface area contributed by atoms with Crippen molar-refractivity contribution < 1.29 is 4.79 Å². The maximum Gasteiger partial charge on any atom is 0.256 e. The van der Waals surface area contributed by atoms with E-state index in [-0.39, 0.29) is 11.1 Å². The Morgan fingerprint density at radius 2 is 1.38 bits per heavy atom. The molecule has 0 aliphatic rings. The van der Waals surface area contributed by atoms with Crippen molar-refractivity contribution in [2.75, 3.05) is 0 Å². The van der Waals surface area contributed by atoms with Crippen LogP contribution in [0.25, 0.3) is 33.0 Å². The second-order valence-corrected chi connectivity index (χ2v) is 6.10. The van der Waals surface area contributed by atoms with Crippen molar-refractivity contribution in [2.24, 2.45) is 5.73 Å². The molecule has 0 fully saturated rings. The van der Waals surface area contributed by atoms with Crippen LogP contribution in [-0.4, -0.2) is 10.9 Å². The largest absolute Gasteiger partial charge is 0.366 e. The number of carbonyl (C=O) groups excluding carboxylic acids is 1. The number of H-pyrrole nitrogens is 1. The first-order valence-electron chi connectivity index (χ1n) is 8.24. The number of pyridine rings is 1. The minimum Gasteiger partial charge on any atom is -0.366 e. The van der Waals surface area contributed by atoms with E-state index in [1.54, 1.807) is 18.3 Å². The third-order valence-corrected chi connectivity index (χ3v) is 4.46. The van der Waals surface area contributed by atoms with Gasteiger partial charge >= 0.3 is 0 Å². The SMILES string of the molecule is NC(=O)c1cc(-c2ccc(-c3ccccc3)cc2)cc2cc[nH]c(=O)c12. The summed E-state index contributed by atoms with van der Waals surface area (Å²) in [7, 11) is 0. The highest BCUT2D eigenvalue weighted by atomic mass is 16.1. The number of amides is 1. The molecule has 3 aromatic carbocycles. The maximum absolute atomic E-state index is 12.1. The summed E-state index contributed by atoms with van der Waals surface area (Å²) in [5.74, 6) is -0.616. The zero-order chi connectivity index (χ0) is 18.1. The smallest absolute Gasteiger partial charge is 0.256 e. The van der Waals surface area contributed by atoms with E-state index in [0.29, 0.717) is 10.8 Å². The lowest BCUT2D eigenvalue weighted by Gasteiger charge is -2.09. The van der Waals surface area contributed by atoms with Crippen LogP contribution in [-0.2, 0) is 0 Å². The Hall–Kier alpha value is -3.66. The molecule has 0 saturated heterocycles. The van der Waals surface area contributed by atoms with E-state index in [9.17, 15) is 9.59 Å². The molecule has 126 valence electrons. The van der Waals surface area contributed by atoms with Gasteiger partial charge in [-0.15, -0.1) is 0 Å². The Kier molecular flexibility index (Phi) is 3.86. The van der Waals surface area contributed by atoms with Gasteiger partial charge in [-0.1, -0.05) is 54.6 Å². The van der Waals surface area contributed by atoms with Gasteiger partial charge < -0.3 is 10.7 Å². The van der Waals surface area contributed by atoms with Crippen LogP contribution in [0.15, 0.2) is 83.8 Å². The average Bonchev–Trinajstić information content (AvgIpc) is 2.68. The number of carbonyl (C=O) groups is 1. The molecule has 0 unspecified atom stereocenters. The molecule has 4 rings (SSSR count). The first-order chi connectivity index (χ1) is 12.6. The van der Waals surface area contributed by atoms with Crippen LogP contribution in [0.5, 0.6) is 0 Å². The first-order valence-corrected chi connectivity index (χ1v) is 8.24. The predicted octanol–water partition coefficient (Wildman–Crippen LogP) is 3.96. The zero-order valence-electron chi connectivity index (χ0n) is 13.9. The van der Waals surface area contributed by atoms with Crippen molar-refractivity contribution in [3.63, 3.8) is 0 Å². The molecule has 4 aromatic rings. The first kappa shape index (κ1) is 15.8. The molecular formula is C22H16N2O2. The zero-order valence-corrected chi connectivity index (χ0v) is 13.9. The van der Waals surface area contributed by atoms with Crippen molar-refractivity contribution in [1.82, 2.24) is 4.98 Å². The van der Waals surface area contributed by atoms with Crippen LogP contribution in [0.1, 0.15) is 10.4 Å². The highest BCUT2D eigenvalue weighted by Crippen LogP contribution is 2.28. The van der Waals surface area contributed by atoms with Crippen molar-refractivity contribution in [1.29, 1.82) is 0 Å².